The average Bonchev–Trinajstić information content (AvgIpc) is 2.04. The molecule has 0 radical (unpaired) electrons. The molecule has 0 aliphatic rings. The quantitative estimate of drug-likeness (QED) is 0.796. The number of aromatic nitrogens is 1. The first-order valence-corrected chi connectivity index (χ1v) is 3.93. The average molecular weight is 232 g/mol. The van der Waals surface area contributed by atoms with Crippen LogP contribution in [0.15, 0.2) is 22.8 Å². The van der Waals surface area contributed by atoms with Gasteiger partial charge >= 0.3 is 5.97 Å². The lowest BCUT2D eigenvalue weighted by Crippen LogP contribution is -2.12. The highest BCUT2D eigenvalue weighted by Crippen LogP contribution is 2.20. The monoisotopic (exact) mass is 231 g/mol. The van der Waals surface area contributed by atoms with E-state index < -0.39 is 12.1 Å². The molecule has 12 heavy (non-hydrogen) atoms. The Bertz CT molecular complexity index is 302. The third-order valence-electron chi connectivity index (χ3n) is 1.28. The first-order valence-electron chi connectivity index (χ1n) is 3.14. The number of hydrogen-bond acceptors (Lipinski definition) is 3. The van der Waals surface area contributed by atoms with Crippen LogP contribution in [0.3, 0.4) is 0 Å². The molecule has 0 aromatic carbocycles. The van der Waals surface area contributed by atoms with Crippen molar-refractivity contribution in [2.24, 2.45) is 0 Å². The zero-order valence-corrected chi connectivity index (χ0v) is 7.52. The van der Waals surface area contributed by atoms with Crippen LogP contribution in [0.2, 0.25) is 0 Å². The molecule has 4 nitrogen and oxygen atoms in total. The lowest BCUT2D eigenvalue weighted by atomic mass is 10.2. The first kappa shape index (κ1) is 9.15. The summed E-state index contributed by atoms with van der Waals surface area (Å²) in [6.07, 6.45) is -0.146. The van der Waals surface area contributed by atoms with Crippen molar-refractivity contribution in [3.05, 3.63) is 28.5 Å². The normalized spacial score (nSPS) is 12.5. The van der Waals surface area contributed by atoms with E-state index in [0.717, 1.165) is 0 Å². The van der Waals surface area contributed by atoms with E-state index >= 15 is 0 Å². The molecule has 1 rings (SSSR count). The number of nitrogens with zero attached hydrogens (tertiary/aromatic N) is 1. The minimum atomic E-state index is -1.57. The maximum Gasteiger partial charge on any atom is 0.338 e. The van der Waals surface area contributed by atoms with Crippen molar-refractivity contribution >= 4 is 21.9 Å². The van der Waals surface area contributed by atoms with Gasteiger partial charge < -0.3 is 10.2 Å². The summed E-state index contributed by atoms with van der Waals surface area (Å²) >= 11 is 3.08. The lowest BCUT2D eigenvalue weighted by Gasteiger charge is -2.05. The molecule has 1 aromatic rings. The van der Waals surface area contributed by atoms with Gasteiger partial charge in [-0.25, -0.2) is 4.79 Å². The molecule has 0 spiro atoms. The van der Waals surface area contributed by atoms with E-state index in [4.69, 9.17) is 10.2 Å². The molecule has 64 valence electrons. The van der Waals surface area contributed by atoms with Crippen molar-refractivity contribution in [2.75, 3.05) is 0 Å². The molecule has 0 fully saturated rings. The van der Waals surface area contributed by atoms with Crippen molar-refractivity contribution in [3.63, 3.8) is 0 Å². The molecule has 0 aliphatic carbocycles. The molecule has 1 aromatic heterocycles. The van der Waals surface area contributed by atoms with Gasteiger partial charge in [-0.1, -0.05) is 0 Å². The third kappa shape index (κ3) is 1.80. The highest BCUT2D eigenvalue weighted by atomic mass is 79.9. The van der Waals surface area contributed by atoms with Crippen molar-refractivity contribution in [3.8, 4) is 0 Å². The zero-order valence-electron chi connectivity index (χ0n) is 5.94. The molecular formula is C7H6BrNO3. The van der Waals surface area contributed by atoms with E-state index in [1.165, 1.54) is 6.20 Å². The third-order valence-corrected chi connectivity index (χ3v) is 1.95. The van der Waals surface area contributed by atoms with Crippen LogP contribution in [0.5, 0.6) is 0 Å². The highest BCUT2D eigenvalue weighted by molar-refractivity contribution is 9.10. The number of rotatable bonds is 2. The molecule has 0 saturated heterocycles. The number of aliphatic hydroxyl groups excluding tert-OH is 1. The van der Waals surface area contributed by atoms with Gasteiger partial charge in [0, 0.05) is 10.7 Å². The summed E-state index contributed by atoms with van der Waals surface area (Å²) in [6, 6.07) is 3.26. The predicted molar refractivity (Wildman–Crippen MR) is 44.5 cm³/mol. The number of carbonyl (C=O) groups is 1. The Kier molecular flexibility index (Phi) is 2.78. The Balaban J connectivity index is 3.02. The Morgan fingerprint density at radius 3 is 2.83 bits per heavy atom. The number of halogens is 1. The SMILES string of the molecule is O=C(O)[C@@H](O)c1ncccc1Br. The van der Waals surface area contributed by atoms with E-state index in [1.807, 2.05) is 0 Å². The van der Waals surface area contributed by atoms with Crippen LogP contribution < -0.4 is 0 Å². The molecule has 1 atom stereocenters. The number of aliphatic hydroxyl groups is 1. The van der Waals surface area contributed by atoms with E-state index in [1.54, 1.807) is 12.1 Å². The summed E-state index contributed by atoms with van der Waals surface area (Å²) in [5.74, 6) is -1.31. The van der Waals surface area contributed by atoms with Gasteiger partial charge in [-0.2, -0.15) is 0 Å². The van der Waals surface area contributed by atoms with Gasteiger partial charge in [0.05, 0.1) is 5.69 Å². The van der Waals surface area contributed by atoms with Gasteiger partial charge in [0.15, 0.2) is 6.10 Å². The fraction of sp³-hybridized carbons (Fsp3) is 0.143. The summed E-state index contributed by atoms with van der Waals surface area (Å²) in [7, 11) is 0. The summed E-state index contributed by atoms with van der Waals surface area (Å²) in [4.78, 5) is 14.1. The van der Waals surface area contributed by atoms with Crippen LogP contribution in [0, 0.1) is 0 Å². The number of aliphatic carboxylic acids is 1. The van der Waals surface area contributed by atoms with Crippen LogP contribution in [-0.2, 0) is 4.79 Å². The van der Waals surface area contributed by atoms with Gasteiger partial charge in [0.2, 0.25) is 0 Å². The molecule has 0 bridgehead atoms. The van der Waals surface area contributed by atoms with Crippen molar-refractivity contribution < 1.29 is 15.0 Å². The van der Waals surface area contributed by atoms with Gasteiger partial charge in [-0.05, 0) is 28.1 Å². The smallest absolute Gasteiger partial charge is 0.338 e. The first-order chi connectivity index (χ1) is 5.63. The minimum absolute atomic E-state index is 0.116. The number of carboxylic acid groups (broad SMARTS) is 1. The van der Waals surface area contributed by atoms with E-state index in [2.05, 4.69) is 20.9 Å². The minimum Gasteiger partial charge on any atom is -0.479 e. The van der Waals surface area contributed by atoms with E-state index in [0.29, 0.717) is 4.47 Å². The molecule has 0 saturated carbocycles. The maximum atomic E-state index is 10.3. The van der Waals surface area contributed by atoms with Crippen LogP contribution in [-0.4, -0.2) is 21.2 Å². The van der Waals surface area contributed by atoms with Crippen molar-refractivity contribution in [2.45, 2.75) is 6.10 Å². The topological polar surface area (TPSA) is 70.4 Å². The van der Waals surface area contributed by atoms with Crippen LogP contribution in [0.4, 0.5) is 0 Å². The Hall–Kier alpha value is -0.940. The predicted octanol–water partition coefficient (Wildman–Crippen LogP) is 0.962. The van der Waals surface area contributed by atoms with Crippen LogP contribution in [0.25, 0.3) is 0 Å². The summed E-state index contributed by atoms with van der Waals surface area (Å²) < 4.78 is 0.486. The van der Waals surface area contributed by atoms with E-state index in [-0.39, 0.29) is 5.69 Å². The second-order valence-electron chi connectivity index (χ2n) is 2.11. The Labute approximate surface area is 77.0 Å². The van der Waals surface area contributed by atoms with Crippen molar-refractivity contribution in [1.29, 1.82) is 0 Å². The van der Waals surface area contributed by atoms with Crippen LogP contribution >= 0.6 is 15.9 Å². The molecule has 0 unspecified atom stereocenters. The fourth-order valence-electron chi connectivity index (χ4n) is 0.716. The van der Waals surface area contributed by atoms with Gasteiger partial charge in [-0.15, -0.1) is 0 Å². The number of pyridine rings is 1. The molecule has 2 N–H and O–H groups in total. The molecule has 5 heteroatoms. The maximum absolute atomic E-state index is 10.3. The summed E-state index contributed by atoms with van der Waals surface area (Å²) in [6.45, 7) is 0. The van der Waals surface area contributed by atoms with Crippen LogP contribution in [0.1, 0.15) is 11.8 Å². The largest absolute Gasteiger partial charge is 0.479 e. The summed E-state index contributed by atoms with van der Waals surface area (Å²) in [5, 5.41) is 17.5. The molecular weight excluding hydrogens is 226 g/mol. The highest BCUT2D eigenvalue weighted by Gasteiger charge is 2.19. The molecule has 0 amide bonds. The fourth-order valence-corrected chi connectivity index (χ4v) is 1.19. The number of carboxylic acids is 1. The number of hydrogen-bond donors (Lipinski definition) is 2. The van der Waals surface area contributed by atoms with Gasteiger partial charge in [-0.3, -0.25) is 4.98 Å². The zero-order chi connectivity index (χ0) is 9.14. The lowest BCUT2D eigenvalue weighted by molar-refractivity contribution is -0.147. The Morgan fingerprint density at radius 1 is 1.67 bits per heavy atom. The van der Waals surface area contributed by atoms with E-state index in [9.17, 15) is 4.79 Å². The van der Waals surface area contributed by atoms with Gasteiger partial charge in [0.25, 0.3) is 0 Å². The summed E-state index contributed by atoms with van der Waals surface area (Å²) in [5.41, 5.74) is 0.116. The van der Waals surface area contributed by atoms with Gasteiger partial charge in [0.1, 0.15) is 0 Å². The van der Waals surface area contributed by atoms with Crippen molar-refractivity contribution in [1.82, 2.24) is 4.98 Å². The molecule has 1 heterocycles. The standard InChI is InChI=1S/C7H6BrNO3/c8-4-2-1-3-9-5(4)6(10)7(11)12/h1-3,6,10H,(H,11,12)/t6-/m0/s1. The second kappa shape index (κ2) is 3.64. The Morgan fingerprint density at radius 2 is 2.33 bits per heavy atom. The second-order valence-corrected chi connectivity index (χ2v) is 2.97. The molecule has 0 aliphatic heterocycles.